The van der Waals surface area contributed by atoms with Gasteiger partial charge in [0.2, 0.25) is 5.91 Å². The van der Waals surface area contributed by atoms with Crippen molar-refractivity contribution in [3.63, 3.8) is 0 Å². The van der Waals surface area contributed by atoms with Crippen molar-refractivity contribution in [1.29, 1.82) is 0 Å². The summed E-state index contributed by atoms with van der Waals surface area (Å²) in [5.74, 6) is 0.429. The maximum Gasteiger partial charge on any atom is 0.236 e. The number of hydrogen-bond donors (Lipinski definition) is 3. The van der Waals surface area contributed by atoms with Gasteiger partial charge in [0.1, 0.15) is 0 Å². The van der Waals surface area contributed by atoms with Crippen LogP contribution in [0.1, 0.15) is 52.4 Å². The van der Waals surface area contributed by atoms with Crippen molar-refractivity contribution in [2.24, 2.45) is 17.1 Å². The first-order valence-electron chi connectivity index (χ1n) is 7.20. The molecule has 4 N–H and O–H groups in total. The summed E-state index contributed by atoms with van der Waals surface area (Å²) in [6.45, 7) is 5.15. The van der Waals surface area contributed by atoms with E-state index in [9.17, 15) is 4.79 Å². The van der Waals surface area contributed by atoms with Crippen LogP contribution in [0.25, 0.3) is 0 Å². The Kier molecular flexibility index (Phi) is 6.09. The summed E-state index contributed by atoms with van der Waals surface area (Å²) in [5.41, 5.74) is 6.00. The van der Waals surface area contributed by atoms with Gasteiger partial charge in [-0.3, -0.25) is 4.79 Å². The maximum atomic E-state index is 11.8. The van der Waals surface area contributed by atoms with Gasteiger partial charge in [-0.25, -0.2) is 0 Å². The van der Waals surface area contributed by atoms with Gasteiger partial charge < -0.3 is 16.2 Å². The second-order valence-corrected chi connectivity index (χ2v) is 5.74. The Morgan fingerprint density at radius 1 is 1.44 bits per heavy atom. The molecule has 0 heterocycles. The molecular weight excluding hydrogens is 228 g/mol. The molecule has 0 spiro atoms. The molecule has 0 radical (unpaired) electrons. The standard InChI is InChI=1S/C14H28N2O2/c1-3-5-12(15)13(18)16-10-14(7-4-8-14)11(2)6-9-17/h11-12,17H,3-10,15H2,1-2H3,(H,16,18). The minimum absolute atomic E-state index is 0.0284. The summed E-state index contributed by atoms with van der Waals surface area (Å²) >= 11 is 0. The molecule has 4 heteroatoms. The predicted octanol–water partition coefficient (Wildman–Crippen LogP) is 1.42. The zero-order valence-electron chi connectivity index (χ0n) is 11.7. The van der Waals surface area contributed by atoms with Crippen LogP contribution in [0.2, 0.25) is 0 Å². The topological polar surface area (TPSA) is 75.4 Å². The minimum Gasteiger partial charge on any atom is -0.396 e. The van der Waals surface area contributed by atoms with Crippen LogP contribution in [0.4, 0.5) is 0 Å². The molecule has 0 aliphatic heterocycles. The van der Waals surface area contributed by atoms with Crippen molar-refractivity contribution >= 4 is 5.91 Å². The third-order valence-electron chi connectivity index (χ3n) is 4.51. The third kappa shape index (κ3) is 3.69. The Labute approximate surface area is 110 Å². The predicted molar refractivity (Wildman–Crippen MR) is 73.0 cm³/mol. The Hall–Kier alpha value is -0.610. The number of hydrogen-bond acceptors (Lipinski definition) is 3. The van der Waals surface area contributed by atoms with Crippen LogP contribution >= 0.6 is 0 Å². The number of nitrogens with two attached hydrogens (primary N) is 1. The van der Waals surface area contributed by atoms with Crippen molar-refractivity contribution in [1.82, 2.24) is 5.32 Å². The molecule has 1 aliphatic carbocycles. The quantitative estimate of drug-likeness (QED) is 0.615. The van der Waals surface area contributed by atoms with Gasteiger partial charge in [-0.05, 0) is 37.0 Å². The lowest BCUT2D eigenvalue weighted by Crippen LogP contribution is -2.50. The van der Waals surface area contributed by atoms with Crippen molar-refractivity contribution in [2.75, 3.05) is 13.2 Å². The van der Waals surface area contributed by atoms with Crippen LogP contribution in [-0.2, 0) is 4.79 Å². The van der Waals surface area contributed by atoms with Gasteiger partial charge in [-0.15, -0.1) is 0 Å². The fourth-order valence-electron chi connectivity index (χ4n) is 2.81. The number of amides is 1. The van der Waals surface area contributed by atoms with E-state index >= 15 is 0 Å². The van der Waals surface area contributed by atoms with Gasteiger partial charge >= 0.3 is 0 Å². The van der Waals surface area contributed by atoms with Gasteiger partial charge in [0, 0.05) is 13.2 Å². The summed E-state index contributed by atoms with van der Waals surface area (Å²) in [4.78, 5) is 11.8. The average molecular weight is 256 g/mol. The SMILES string of the molecule is CCCC(N)C(=O)NCC1(C(C)CCO)CCC1. The summed E-state index contributed by atoms with van der Waals surface area (Å²) in [5, 5.41) is 12.1. The van der Waals surface area contributed by atoms with E-state index in [4.69, 9.17) is 10.8 Å². The number of aliphatic hydroxyl groups is 1. The Morgan fingerprint density at radius 2 is 2.11 bits per heavy atom. The molecule has 18 heavy (non-hydrogen) atoms. The fourth-order valence-corrected chi connectivity index (χ4v) is 2.81. The van der Waals surface area contributed by atoms with Crippen LogP contribution in [0.5, 0.6) is 0 Å². The lowest BCUT2D eigenvalue weighted by molar-refractivity contribution is -0.123. The lowest BCUT2D eigenvalue weighted by atomic mass is 9.60. The number of carbonyl (C=O) groups is 1. The number of aliphatic hydroxyl groups excluding tert-OH is 1. The monoisotopic (exact) mass is 256 g/mol. The minimum atomic E-state index is -0.375. The zero-order chi connectivity index (χ0) is 13.6. The second-order valence-electron chi connectivity index (χ2n) is 5.74. The first kappa shape index (κ1) is 15.4. The average Bonchev–Trinajstić information content (AvgIpc) is 2.28. The third-order valence-corrected chi connectivity index (χ3v) is 4.51. The van der Waals surface area contributed by atoms with E-state index in [-0.39, 0.29) is 24.0 Å². The highest BCUT2D eigenvalue weighted by molar-refractivity contribution is 5.81. The van der Waals surface area contributed by atoms with Crippen molar-refractivity contribution in [3.8, 4) is 0 Å². The molecule has 0 bridgehead atoms. The van der Waals surface area contributed by atoms with E-state index in [1.165, 1.54) is 6.42 Å². The van der Waals surface area contributed by atoms with E-state index in [0.29, 0.717) is 12.5 Å². The van der Waals surface area contributed by atoms with Gasteiger partial charge in [0.05, 0.1) is 6.04 Å². The van der Waals surface area contributed by atoms with E-state index in [2.05, 4.69) is 12.2 Å². The zero-order valence-corrected chi connectivity index (χ0v) is 11.7. The molecule has 1 fully saturated rings. The molecule has 0 aromatic carbocycles. The number of rotatable bonds is 8. The Morgan fingerprint density at radius 3 is 2.56 bits per heavy atom. The smallest absolute Gasteiger partial charge is 0.236 e. The summed E-state index contributed by atoms with van der Waals surface area (Å²) in [7, 11) is 0. The van der Waals surface area contributed by atoms with Gasteiger partial charge in [0.15, 0.2) is 0 Å². The molecule has 1 rings (SSSR count). The highest BCUT2D eigenvalue weighted by Gasteiger charge is 2.41. The largest absolute Gasteiger partial charge is 0.396 e. The van der Waals surface area contributed by atoms with Crippen LogP contribution in [-0.4, -0.2) is 30.2 Å². The fraction of sp³-hybridized carbons (Fsp3) is 0.929. The molecule has 106 valence electrons. The maximum absolute atomic E-state index is 11.8. The summed E-state index contributed by atoms with van der Waals surface area (Å²) in [6, 6.07) is -0.375. The Balaban J connectivity index is 2.42. The van der Waals surface area contributed by atoms with Crippen molar-refractivity contribution in [2.45, 2.75) is 58.4 Å². The highest BCUT2D eigenvalue weighted by atomic mass is 16.3. The molecular formula is C14H28N2O2. The van der Waals surface area contributed by atoms with E-state index < -0.39 is 0 Å². The molecule has 1 amide bonds. The van der Waals surface area contributed by atoms with Crippen LogP contribution in [0.15, 0.2) is 0 Å². The van der Waals surface area contributed by atoms with E-state index in [0.717, 1.165) is 32.1 Å². The Bertz CT molecular complexity index is 265. The van der Waals surface area contributed by atoms with Crippen LogP contribution in [0, 0.1) is 11.3 Å². The molecule has 2 atom stereocenters. The second kappa shape index (κ2) is 7.10. The van der Waals surface area contributed by atoms with Gasteiger partial charge in [0.25, 0.3) is 0 Å². The molecule has 1 aliphatic rings. The van der Waals surface area contributed by atoms with E-state index in [1.54, 1.807) is 0 Å². The van der Waals surface area contributed by atoms with Crippen molar-refractivity contribution in [3.05, 3.63) is 0 Å². The molecule has 0 aromatic rings. The van der Waals surface area contributed by atoms with Crippen LogP contribution in [0.3, 0.4) is 0 Å². The molecule has 1 saturated carbocycles. The molecule has 0 aromatic heterocycles. The first-order chi connectivity index (χ1) is 8.55. The summed E-state index contributed by atoms with van der Waals surface area (Å²) in [6.07, 6.45) is 6.02. The van der Waals surface area contributed by atoms with Gasteiger partial charge in [-0.2, -0.15) is 0 Å². The molecule has 2 unspecified atom stereocenters. The van der Waals surface area contributed by atoms with Crippen molar-refractivity contribution < 1.29 is 9.90 Å². The molecule has 4 nitrogen and oxygen atoms in total. The summed E-state index contributed by atoms with van der Waals surface area (Å²) < 4.78 is 0. The number of nitrogens with one attached hydrogen (secondary N) is 1. The lowest BCUT2D eigenvalue weighted by Gasteiger charge is -2.47. The highest BCUT2D eigenvalue weighted by Crippen LogP contribution is 2.47. The van der Waals surface area contributed by atoms with Gasteiger partial charge in [-0.1, -0.05) is 26.7 Å². The normalized spacial score (nSPS) is 20.9. The molecule has 0 saturated heterocycles. The first-order valence-corrected chi connectivity index (χ1v) is 7.20. The van der Waals surface area contributed by atoms with E-state index in [1.807, 2.05) is 6.92 Å². The van der Waals surface area contributed by atoms with Crippen LogP contribution < -0.4 is 11.1 Å². The number of carbonyl (C=O) groups excluding carboxylic acids is 1.